The van der Waals surface area contributed by atoms with Crippen LogP contribution in [0.5, 0.6) is 0 Å². The molecule has 1 unspecified atom stereocenters. The summed E-state index contributed by atoms with van der Waals surface area (Å²) in [5.74, 6) is -0.389. The van der Waals surface area contributed by atoms with E-state index in [0.29, 0.717) is 5.52 Å². The minimum absolute atomic E-state index is 0.00374. The fraction of sp³-hybridized carbons (Fsp3) is 0.300. The summed E-state index contributed by atoms with van der Waals surface area (Å²) in [5, 5.41) is -0.281. The van der Waals surface area contributed by atoms with Gasteiger partial charge in [-0.2, -0.15) is 13.2 Å². The number of nitrogens with one attached hydrogen (secondary N) is 1. The first-order valence-electron chi connectivity index (χ1n) is 9.14. The lowest BCUT2D eigenvalue weighted by Crippen LogP contribution is -2.35. The number of hydrogen-bond donors (Lipinski definition) is 1. The van der Waals surface area contributed by atoms with Gasteiger partial charge in [-0.15, -0.1) is 0 Å². The van der Waals surface area contributed by atoms with Crippen molar-refractivity contribution < 1.29 is 22.4 Å². The van der Waals surface area contributed by atoms with Crippen molar-refractivity contribution in [3.63, 3.8) is 0 Å². The smallest absolute Gasteiger partial charge is 0.360 e. The molecule has 1 N–H and O–H groups in total. The average Bonchev–Trinajstić information content (AvgIpc) is 3.30. The summed E-state index contributed by atoms with van der Waals surface area (Å²) >= 11 is 5.68. The van der Waals surface area contributed by atoms with Crippen molar-refractivity contribution in [3.8, 4) is 11.1 Å². The van der Waals surface area contributed by atoms with Crippen LogP contribution in [0.1, 0.15) is 12.0 Å². The summed E-state index contributed by atoms with van der Waals surface area (Å²) in [4.78, 5) is 29.6. The van der Waals surface area contributed by atoms with Gasteiger partial charge in [0.05, 0.1) is 28.0 Å². The lowest BCUT2D eigenvalue weighted by Gasteiger charge is -2.16. The quantitative estimate of drug-likeness (QED) is 0.618. The maximum Gasteiger partial charge on any atom is 0.417 e. The SMILES string of the molecule is O=C(Cn1ccc2[nH]cc(-c3ccc(Cl)c(C(F)(F)F)c3)c2c1=O)N1CCC(F)C1. The van der Waals surface area contributed by atoms with E-state index >= 15 is 0 Å². The van der Waals surface area contributed by atoms with Gasteiger partial charge < -0.3 is 14.5 Å². The lowest BCUT2D eigenvalue weighted by molar-refractivity contribution is -0.137. The summed E-state index contributed by atoms with van der Waals surface area (Å²) in [7, 11) is 0. The van der Waals surface area contributed by atoms with Crippen molar-refractivity contribution in [2.75, 3.05) is 13.1 Å². The number of fused-ring (bicyclic) bond motifs is 1. The van der Waals surface area contributed by atoms with Crippen LogP contribution in [0.2, 0.25) is 5.02 Å². The molecule has 3 heterocycles. The minimum atomic E-state index is -4.64. The first-order chi connectivity index (χ1) is 14.1. The highest BCUT2D eigenvalue weighted by Crippen LogP contribution is 2.38. The highest BCUT2D eigenvalue weighted by atomic mass is 35.5. The molecule has 0 aliphatic carbocycles. The lowest BCUT2D eigenvalue weighted by atomic mass is 10.0. The molecule has 30 heavy (non-hydrogen) atoms. The molecule has 0 bridgehead atoms. The average molecular weight is 442 g/mol. The number of rotatable bonds is 3. The molecule has 5 nitrogen and oxygen atoms in total. The zero-order chi connectivity index (χ0) is 21.6. The number of alkyl halides is 4. The molecule has 2 aromatic heterocycles. The highest BCUT2D eigenvalue weighted by Gasteiger charge is 2.33. The summed E-state index contributed by atoms with van der Waals surface area (Å²) in [6, 6.07) is 4.98. The standard InChI is InChI=1S/C20H16ClF4N3O2/c21-15-2-1-11(7-14(15)20(23,24)25)13-8-26-16-4-6-28(19(30)18(13)16)10-17(29)27-5-3-12(22)9-27/h1-2,4,6-8,12,26H,3,5,9-10H2. The van der Waals surface area contributed by atoms with Crippen molar-refractivity contribution in [1.29, 1.82) is 0 Å². The Balaban J connectivity index is 1.74. The van der Waals surface area contributed by atoms with Crippen LogP contribution in [0.15, 0.2) is 41.5 Å². The molecule has 1 amide bonds. The molecular weight excluding hydrogens is 426 g/mol. The number of amides is 1. The number of aromatic nitrogens is 2. The third-order valence-electron chi connectivity index (χ3n) is 5.18. The van der Waals surface area contributed by atoms with Gasteiger partial charge in [-0.05, 0) is 30.2 Å². The molecule has 10 heteroatoms. The molecular formula is C20H16ClF4N3O2. The van der Waals surface area contributed by atoms with E-state index in [9.17, 15) is 27.2 Å². The molecule has 1 fully saturated rings. The van der Waals surface area contributed by atoms with Crippen LogP contribution in [0.25, 0.3) is 22.0 Å². The van der Waals surface area contributed by atoms with E-state index < -0.39 is 28.5 Å². The Kier molecular flexibility index (Phi) is 5.09. The third kappa shape index (κ3) is 3.69. The van der Waals surface area contributed by atoms with Crippen molar-refractivity contribution in [1.82, 2.24) is 14.5 Å². The Hall–Kier alpha value is -2.81. The van der Waals surface area contributed by atoms with E-state index in [0.717, 1.165) is 12.1 Å². The number of carbonyl (C=O) groups excluding carboxylic acids is 1. The zero-order valence-corrected chi connectivity index (χ0v) is 16.2. The summed E-state index contributed by atoms with van der Waals surface area (Å²) < 4.78 is 54.2. The fourth-order valence-electron chi connectivity index (χ4n) is 3.63. The van der Waals surface area contributed by atoms with Crippen LogP contribution >= 0.6 is 11.6 Å². The van der Waals surface area contributed by atoms with E-state index in [4.69, 9.17) is 11.6 Å². The van der Waals surface area contributed by atoms with Crippen molar-refractivity contribution in [2.45, 2.75) is 25.3 Å². The largest absolute Gasteiger partial charge is 0.417 e. The predicted molar refractivity (Wildman–Crippen MR) is 104 cm³/mol. The second-order valence-electron chi connectivity index (χ2n) is 7.16. The molecule has 0 saturated carbocycles. The summed E-state index contributed by atoms with van der Waals surface area (Å²) in [5.41, 5.74) is -0.677. The normalized spacial score (nSPS) is 17.1. The molecule has 1 aliphatic heterocycles. The number of H-pyrrole nitrogens is 1. The number of hydrogen-bond acceptors (Lipinski definition) is 2. The van der Waals surface area contributed by atoms with Crippen LogP contribution in [-0.4, -0.2) is 39.6 Å². The molecule has 4 rings (SSSR count). The summed E-state index contributed by atoms with van der Waals surface area (Å²) in [6.07, 6.45) is -2.59. The van der Waals surface area contributed by atoms with Crippen LogP contribution < -0.4 is 5.56 Å². The number of halogens is 5. The minimum Gasteiger partial charge on any atom is -0.360 e. The Morgan fingerprint density at radius 1 is 1.27 bits per heavy atom. The number of carbonyl (C=O) groups is 1. The second kappa shape index (κ2) is 7.46. The van der Waals surface area contributed by atoms with Crippen LogP contribution in [-0.2, 0) is 17.5 Å². The maximum atomic E-state index is 13.3. The van der Waals surface area contributed by atoms with Gasteiger partial charge in [0.25, 0.3) is 5.56 Å². The Bertz CT molecular complexity index is 1180. The van der Waals surface area contributed by atoms with Gasteiger partial charge in [-0.3, -0.25) is 9.59 Å². The first-order valence-corrected chi connectivity index (χ1v) is 9.52. The van der Waals surface area contributed by atoms with E-state index in [1.807, 2.05) is 0 Å². The van der Waals surface area contributed by atoms with Gasteiger partial charge in [0.2, 0.25) is 5.91 Å². The van der Waals surface area contributed by atoms with Gasteiger partial charge in [0, 0.05) is 24.5 Å². The van der Waals surface area contributed by atoms with E-state index in [1.54, 1.807) is 6.07 Å². The molecule has 158 valence electrons. The van der Waals surface area contributed by atoms with Gasteiger partial charge in [0.1, 0.15) is 12.7 Å². The van der Waals surface area contributed by atoms with Crippen LogP contribution in [0.4, 0.5) is 17.6 Å². The highest BCUT2D eigenvalue weighted by molar-refractivity contribution is 6.31. The van der Waals surface area contributed by atoms with Crippen molar-refractivity contribution in [2.24, 2.45) is 0 Å². The summed E-state index contributed by atoms with van der Waals surface area (Å²) in [6.45, 7) is 0.00809. The van der Waals surface area contributed by atoms with Crippen molar-refractivity contribution >= 4 is 28.4 Å². The number of benzene rings is 1. The molecule has 0 spiro atoms. The monoisotopic (exact) mass is 441 g/mol. The number of likely N-dealkylation sites (tertiary alicyclic amines) is 1. The molecule has 3 aromatic rings. The topological polar surface area (TPSA) is 58.1 Å². The van der Waals surface area contributed by atoms with Crippen LogP contribution in [0.3, 0.4) is 0 Å². The number of pyridine rings is 1. The number of nitrogens with zero attached hydrogens (tertiary/aromatic N) is 2. The van der Waals surface area contributed by atoms with E-state index in [-0.39, 0.29) is 48.5 Å². The Morgan fingerprint density at radius 3 is 2.70 bits per heavy atom. The van der Waals surface area contributed by atoms with Crippen molar-refractivity contribution in [3.05, 3.63) is 57.6 Å². The zero-order valence-electron chi connectivity index (χ0n) is 15.5. The van der Waals surface area contributed by atoms with Gasteiger partial charge in [0.15, 0.2) is 0 Å². The fourth-order valence-corrected chi connectivity index (χ4v) is 3.85. The first kappa shape index (κ1) is 20.5. The Labute approximate surface area is 172 Å². The van der Waals surface area contributed by atoms with Crippen LogP contribution in [0, 0.1) is 0 Å². The van der Waals surface area contributed by atoms with Gasteiger partial charge in [-0.1, -0.05) is 17.7 Å². The predicted octanol–water partition coefficient (Wildman–Crippen LogP) is 4.24. The van der Waals surface area contributed by atoms with Gasteiger partial charge >= 0.3 is 6.18 Å². The molecule has 1 aromatic carbocycles. The number of aromatic amines is 1. The molecule has 1 saturated heterocycles. The molecule has 1 aliphatic rings. The van der Waals surface area contributed by atoms with Gasteiger partial charge in [-0.25, -0.2) is 4.39 Å². The van der Waals surface area contributed by atoms with E-state index in [1.165, 1.54) is 27.9 Å². The molecule has 1 atom stereocenters. The van der Waals surface area contributed by atoms with E-state index in [2.05, 4.69) is 4.98 Å². The second-order valence-corrected chi connectivity index (χ2v) is 7.57. The maximum absolute atomic E-state index is 13.3. The third-order valence-corrected chi connectivity index (χ3v) is 5.51. The molecule has 0 radical (unpaired) electrons. The Morgan fingerprint density at radius 2 is 2.03 bits per heavy atom.